The Kier molecular flexibility index (Phi) is 6.23. The number of hydrogen-bond donors (Lipinski definition) is 2. The molecule has 158 valence electrons. The molecule has 0 aliphatic carbocycles. The standard InChI is InChI=1S/C22H28N6O2/c1-16(29)28-13-19(14-28)26-21-11-20(24-15-25-21)22(30)23-8-4-9-27-10-7-17-5-2-3-6-18(17)12-27/h2-3,5-6,11,15,19H,4,7-10,12-14H2,1H3,(H,23,30)(H,24,25,26). The third kappa shape index (κ3) is 4.94. The topological polar surface area (TPSA) is 90.5 Å². The molecule has 2 aromatic rings. The summed E-state index contributed by atoms with van der Waals surface area (Å²) in [4.78, 5) is 36.1. The smallest absolute Gasteiger partial charge is 0.270 e. The summed E-state index contributed by atoms with van der Waals surface area (Å²) in [7, 11) is 0. The van der Waals surface area contributed by atoms with Crippen LogP contribution in [0.1, 0.15) is 35.0 Å². The Morgan fingerprint density at radius 2 is 1.97 bits per heavy atom. The molecule has 0 radical (unpaired) electrons. The Morgan fingerprint density at radius 3 is 2.77 bits per heavy atom. The van der Waals surface area contributed by atoms with Crippen molar-refractivity contribution in [1.29, 1.82) is 0 Å². The Morgan fingerprint density at radius 1 is 1.17 bits per heavy atom. The molecular formula is C22H28N6O2. The number of carbonyl (C=O) groups excluding carboxylic acids is 2. The van der Waals surface area contributed by atoms with Gasteiger partial charge >= 0.3 is 0 Å². The highest BCUT2D eigenvalue weighted by Gasteiger charge is 2.28. The Balaban J connectivity index is 1.19. The van der Waals surface area contributed by atoms with E-state index in [0.29, 0.717) is 31.1 Å². The first kappa shape index (κ1) is 20.3. The van der Waals surface area contributed by atoms with Gasteiger partial charge in [0.15, 0.2) is 0 Å². The third-order valence-corrected chi connectivity index (χ3v) is 5.72. The van der Waals surface area contributed by atoms with Gasteiger partial charge in [-0.2, -0.15) is 0 Å². The van der Waals surface area contributed by atoms with Gasteiger partial charge in [-0.25, -0.2) is 9.97 Å². The molecule has 1 fully saturated rings. The van der Waals surface area contributed by atoms with E-state index in [0.717, 1.165) is 32.5 Å². The lowest BCUT2D eigenvalue weighted by molar-refractivity contribution is -0.132. The molecule has 30 heavy (non-hydrogen) atoms. The highest BCUT2D eigenvalue weighted by molar-refractivity contribution is 5.92. The van der Waals surface area contributed by atoms with E-state index in [1.54, 1.807) is 17.9 Å². The molecule has 0 spiro atoms. The van der Waals surface area contributed by atoms with Gasteiger partial charge in [0, 0.05) is 52.3 Å². The average molecular weight is 409 g/mol. The van der Waals surface area contributed by atoms with Crippen molar-refractivity contribution in [3.63, 3.8) is 0 Å². The van der Waals surface area contributed by atoms with Gasteiger partial charge in [-0.3, -0.25) is 14.5 Å². The normalized spacial score (nSPS) is 16.5. The summed E-state index contributed by atoms with van der Waals surface area (Å²) in [6.07, 6.45) is 3.38. The van der Waals surface area contributed by atoms with Crippen LogP contribution in [0.3, 0.4) is 0 Å². The second-order valence-electron chi connectivity index (χ2n) is 7.96. The van der Waals surface area contributed by atoms with Crippen LogP contribution in [-0.2, 0) is 17.8 Å². The molecule has 2 aliphatic rings. The van der Waals surface area contributed by atoms with Gasteiger partial charge in [0.1, 0.15) is 17.8 Å². The van der Waals surface area contributed by atoms with Gasteiger partial charge < -0.3 is 15.5 Å². The van der Waals surface area contributed by atoms with Gasteiger partial charge in [-0.1, -0.05) is 24.3 Å². The maximum atomic E-state index is 12.4. The van der Waals surface area contributed by atoms with E-state index in [1.165, 1.54) is 17.5 Å². The maximum absolute atomic E-state index is 12.4. The molecule has 8 nitrogen and oxygen atoms in total. The lowest BCUT2D eigenvalue weighted by Crippen LogP contribution is -2.56. The summed E-state index contributed by atoms with van der Waals surface area (Å²) >= 11 is 0. The van der Waals surface area contributed by atoms with Gasteiger partial charge in [-0.05, 0) is 24.0 Å². The maximum Gasteiger partial charge on any atom is 0.270 e. The first-order valence-electron chi connectivity index (χ1n) is 10.5. The molecule has 2 aliphatic heterocycles. The average Bonchev–Trinajstić information content (AvgIpc) is 2.73. The van der Waals surface area contributed by atoms with Gasteiger partial charge in [0.25, 0.3) is 5.91 Å². The SMILES string of the molecule is CC(=O)N1CC(Nc2cc(C(=O)NCCCN3CCc4ccccc4C3)ncn2)C1. The number of rotatable bonds is 7. The van der Waals surface area contributed by atoms with Crippen molar-refractivity contribution in [2.75, 3.05) is 38.0 Å². The number of carbonyl (C=O) groups is 2. The van der Waals surface area contributed by atoms with Crippen LogP contribution < -0.4 is 10.6 Å². The molecule has 0 saturated carbocycles. The highest BCUT2D eigenvalue weighted by atomic mass is 16.2. The number of fused-ring (bicyclic) bond motifs is 1. The Bertz CT molecular complexity index is 912. The van der Waals surface area contributed by atoms with Crippen LogP contribution in [0.4, 0.5) is 5.82 Å². The second kappa shape index (κ2) is 9.21. The van der Waals surface area contributed by atoms with Crippen molar-refractivity contribution in [3.8, 4) is 0 Å². The number of nitrogens with zero attached hydrogens (tertiary/aromatic N) is 4. The number of nitrogens with one attached hydrogen (secondary N) is 2. The van der Waals surface area contributed by atoms with Crippen molar-refractivity contribution in [2.45, 2.75) is 32.4 Å². The van der Waals surface area contributed by atoms with Crippen LogP contribution in [0.5, 0.6) is 0 Å². The van der Waals surface area contributed by atoms with E-state index in [-0.39, 0.29) is 17.9 Å². The minimum atomic E-state index is -0.191. The molecule has 0 atom stereocenters. The van der Waals surface area contributed by atoms with Crippen molar-refractivity contribution < 1.29 is 9.59 Å². The van der Waals surface area contributed by atoms with Crippen LogP contribution in [0.2, 0.25) is 0 Å². The molecule has 1 aromatic carbocycles. The molecule has 4 rings (SSSR count). The molecule has 3 heterocycles. The predicted octanol–water partition coefficient (Wildman–Crippen LogP) is 1.30. The summed E-state index contributed by atoms with van der Waals surface area (Å²) in [5.74, 6) is 0.489. The zero-order chi connectivity index (χ0) is 20.9. The quantitative estimate of drug-likeness (QED) is 0.671. The Hall–Kier alpha value is -3.00. The second-order valence-corrected chi connectivity index (χ2v) is 7.96. The fraction of sp³-hybridized carbons (Fsp3) is 0.455. The number of benzene rings is 1. The van der Waals surface area contributed by atoms with E-state index < -0.39 is 0 Å². The summed E-state index contributed by atoms with van der Waals surface area (Å²) in [6, 6.07) is 10.4. The molecule has 2 N–H and O–H groups in total. The van der Waals surface area contributed by atoms with Gasteiger partial charge in [0.05, 0.1) is 6.04 Å². The number of hydrogen-bond acceptors (Lipinski definition) is 6. The Labute approximate surface area is 176 Å². The van der Waals surface area contributed by atoms with Crippen molar-refractivity contribution in [2.24, 2.45) is 0 Å². The largest absolute Gasteiger partial charge is 0.364 e. The summed E-state index contributed by atoms with van der Waals surface area (Å²) < 4.78 is 0. The van der Waals surface area contributed by atoms with Crippen LogP contribution in [0.15, 0.2) is 36.7 Å². The fourth-order valence-electron chi connectivity index (χ4n) is 3.94. The van der Waals surface area contributed by atoms with Crippen molar-refractivity contribution >= 4 is 17.6 Å². The van der Waals surface area contributed by atoms with E-state index in [4.69, 9.17) is 0 Å². The summed E-state index contributed by atoms with van der Waals surface area (Å²) in [5, 5.41) is 6.20. The fourth-order valence-corrected chi connectivity index (χ4v) is 3.94. The number of amides is 2. The van der Waals surface area contributed by atoms with E-state index in [2.05, 4.69) is 49.8 Å². The number of likely N-dealkylation sites (tertiary alicyclic amines) is 1. The zero-order valence-electron chi connectivity index (χ0n) is 17.3. The number of anilines is 1. The molecule has 2 amide bonds. The molecule has 1 aromatic heterocycles. The lowest BCUT2D eigenvalue weighted by atomic mass is 10.00. The zero-order valence-corrected chi connectivity index (χ0v) is 17.3. The first-order chi connectivity index (χ1) is 14.6. The van der Waals surface area contributed by atoms with E-state index >= 15 is 0 Å². The van der Waals surface area contributed by atoms with Crippen molar-refractivity contribution in [1.82, 2.24) is 25.1 Å². The number of aromatic nitrogens is 2. The van der Waals surface area contributed by atoms with Crippen LogP contribution in [-0.4, -0.2) is 70.3 Å². The van der Waals surface area contributed by atoms with Gasteiger partial charge in [0.2, 0.25) is 5.91 Å². The summed E-state index contributed by atoms with van der Waals surface area (Å²) in [6.45, 7) is 6.48. The van der Waals surface area contributed by atoms with E-state index in [9.17, 15) is 9.59 Å². The third-order valence-electron chi connectivity index (χ3n) is 5.72. The summed E-state index contributed by atoms with van der Waals surface area (Å²) in [5.41, 5.74) is 3.21. The monoisotopic (exact) mass is 408 g/mol. The van der Waals surface area contributed by atoms with Gasteiger partial charge in [-0.15, -0.1) is 0 Å². The van der Waals surface area contributed by atoms with Crippen LogP contribution in [0.25, 0.3) is 0 Å². The lowest BCUT2D eigenvalue weighted by Gasteiger charge is -2.39. The molecule has 1 saturated heterocycles. The van der Waals surface area contributed by atoms with Crippen molar-refractivity contribution in [3.05, 3.63) is 53.5 Å². The molecule has 8 heteroatoms. The highest BCUT2D eigenvalue weighted by Crippen LogP contribution is 2.18. The van der Waals surface area contributed by atoms with Crippen LogP contribution in [0, 0.1) is 0 Å². The molecule has 0 unspecified atom stereocenters. The minimum Gasteiger partial charge on any atom is -0.364 e. The minimum absolute atomic E-state index is 0.0737. The molecular weight excluding hydrogens is 380 g/mol. The van der Waals surface area contributed by atoms with E-state index in [1.807, 2.05) is 0 Å². The first-order valence-corrected chi connectivity index (χ1v) is 10.5. The molecule has 0 bridgehead atoms. The predicted molar refractivity (Wildman–Crippen MR) is 114 cm³/mol. The van der Waals surface area contributed by atoms with Crippen LogP contribution >= 0.6 is 0 Å².